The highest BCUT2D eigenvalue weighted by Gasteiger charge is 2.73. The van der Waals surface area contributed by atoms with Crippen molar-refractivity contribution in [1.29, 1.82) is 0 Å². The number of aliphatic hydroxyl groups is 2. The average Bonchev–Trinajstić information content (AvgIpc) is 2.97. The van der Waals surface area contributed by atoms with Crippen LogP contribution < -0.4 is 0 Å². The van der Waals surface area contributed by atoms with Crippen LogP contribution in [0, 0.1) is 10.8 Å². The Morgan fingerprint density at radius 1 is 0.944 bits per heavy atom. The van der Waals surface area contributed by atoms with Gasteiger partial charge in [-0.1, -0.05) is 13.8 Å². The standard InChI is InChI=1S/C15H22O3/c1-12(2)7-9-10(8-12)13(3,17)15(5-6-15)14(4,18)11(9)16/h17-18H,5-8H2,1-4H3. The van der Waals surface area contributed by atoms with Crippen molar-refractivity contribution >= 4 is 5.78 Å². The Morgan fingerprint density at radius 2 is 1.50 bits per heavy atom. The van der Waals surface area contributed by atoms with E-state index in [1.807, 2.05) is 0 Å². The predicted octanol–water partition coefficient (Wildman–Crippen LogP) is 1.97. The van der Waals surface area contributed by atoms with E-state index in [0.717, 1.165) is 24.8 Å². The highest BCUT2D eigenvalue weighted by atomic mass is 16.3. The topological polar surface area (TPSA) is 57.5 Å². The Labute approximate surface area is 108 Å². The van der Waals surface area contributed by atoms with E-state index in [-0.39, 0.29) is 11.2 Å². The Bertz CT molecular complexity index is 476. The van der Waals surface area contributed by atoms with Crippen LogP contribution in [0.1, 0.15) is 53.4 Å². The molecule has 2 unspecified atom stereocenters. The van der Waals surface area contributed by atoms with Crippen LogP contribution in [0.2, 0.25) is 0 Å². The summed E-state index contributed by atoms with van der Waals surface area (Å²) in [4.78, 5) is 12.5. The fourth-order valence-corrected chi connectivity index (χ4v) is 4.29. The van der Waals surface area contributed by atoms with Gasteiger partial charge in [0.25, 0.3) is 0 Å². The number of Topliss-reactive ketones (excluding diaryl/α,β-unsaturated/α-hetero) is 1. The first-order chi connectivity index (χ1) is 8.05. The van der Waals surface area contributed by atoms with Crippen LogP contribution in [-0.2, 0) is 4.79 Å². The van der Waals surface area contributed by atoms with Gasteiger partial charge in [0.2, 0.25) is 0 Å². The SMILES string of the molecule is CC1(C)CC2=C(C1)C(C)(O)C1(CC1)C(C)(O)C2=O. The summed E-state index contributed by atoms with van der Waals surface area (Å²) in [6.07, 6.45) is 2.90. The molecule has 0 amide bonds. The molecule has 1 saturated carbocycles. The van der Waals surface area contributed by atoms with Crippen LogP contribution in [0.25, 0.3) is 0 Å². The first-order valence-corrected chi connectivity index (χ1v) is 6.77. The molecule has 0 aromatic heterocycles. The van der Waals surface area contributed by atoms with Crippen LogP contribution >= 0.6 is 0 Å². The second-order valence-electron chi connectivity index (χ2n) is 7.53. The third-order valence-electron chi connectivity index (χ3n) is 5.59. The van der Waals surface area contributed by atoms with Crippen LogP contribution in [0.4, 0.5) is 0 Å². The number of carbonyl (C=O) groups is 1. The van der Waals surface area contributed by atoms with Crippen molar-refractivity contribution in [3.8, 4) is 0 Å². The highest BCUT2D eigenvalue weighted by Crippen LogP contribution is 2.68. The summed E-state index contributed by atoms with van der Waals surface area (Å²) in [5.41, 5.74) is -1.49. The summed E-state index contributed by atoms with van der Waals surface area (Å²) in [6, 6.07) is 0. The van der Waals surface area contributed by atoms with E-state index < -0.39 is 16.6 Å². The molecule has 0 aromatic carbocycles. The second kappa shape index (κ2) is 2.91. The predicted molar refractivity (Wildman–Crippen MR) is 68.0 cm³/mol. The molecular formula is C15H22O3. The Balaban J connectivity index is 2.19. The van der Waals surface area contributed by atoms with Gasteiger partial charge >= 0.3 is 0 Å². The third kappa shape index (κ3) is 1.15. The molecule has 2 atom stereocenters. The first kappa shape index (κ1) is 12.4. The van der Waals surface area contributed by atoms with Gasteiger partial charge in [-0.15, -0.1) is 0 Å². The molecule has 3 nitrogen and oxygen atoms in total. The molecule has 0 saturated heterocycles. The first-order valence-electron chi connectivity index (χ1n) is 6.77. The zero-order valence-corrected chi connectivity index (χ0v) is 11.6. The summed E-state index contributed by atoms with van der Waals surface area (Å²) in [5, 5.41) is 21.6. The largest absolute Gasteiger partial charge is 0.385 e. The van der Waals surface area contributed by atoms with Crippen molar-refractivity contribution in [1.82, 2.24) is 0 Å². The van der Waals surface area contributed by atoms with Crippen molar-refractivity contribution in [3.63, 3.8) is 0 Å². The Morgan fingerprint density at radius 3 is 2.00 bits per heavy atom. The minimum Gasteiger partial charge on any atom is -0.385 e. The quantitative estimate of drug-likeness (QED) is 0.691. The van der Waals surface area contributed by atoms with Gasteiger partial charge in [-0.3, -0.25) is 4.79 Å². The van der Waals surface area contributed by atoms with Crippen molar-refractivity contribution < 1.29 is 15.0 Å². The number of hydrogen-bond acceptors (Lipinski definition) is 3. The second-order valence-corrected chi connectivity index (χ2v) is 7.53. The fraction of sp³-hybridized carbons (Fsp3) is 0.800. The van der Waals surface area contributed by atoms with Gasteiger partial charge in [-0.25, -0.2) is 0 Å². The van der Waals surface area contributed by atoms with E-state index in [2.05, 4.69) is 13.8 Å². The number of hydrogen-bond donors (Lipinski definition) is 2. The summed E-state index contributed by atoms with van der Waals surface area (Å²) in [6.45, 7) is 7.61. The monoisotopic (exact) mass is 250 g/mol. The molecule has 0 heterocycles. The third-order valence-corrected chi connectivity index (χ3v) is 5.59. The van der Waals surface area contributed by atoms with E-state index >= 15 is 0 Å². The lowest BCUT2D eigenvalue weighted by atomic mass is 9.62. The lowest BCUT2D eigenvalue weighted by Crippen LogP contribution is -2.60. The molecule has 100 valence electrons. The van der Waals surface area contributed by atoms with E-state index in [9.17, 15) is 15.0 Å². The highest BCUT2D eigenvalue weighted by molar-refractivity contribution is 6.05. The smallest absolute Gasteiger partial charge is 0.190 e. The van der Waals surface area contributed by atoms with E-state index in [4.69, 9.17) is 0 Å². The van der Waals surface area contributed by atoms with E-state index in [1.165, 1.54) is 0 Å². The summed E-state index contributed by atoms with van der Waals surface area (Å²) < 4.78 is 0. The lowest BCUT2D eigenvalue weighted by molar-refractivity contribution is -0.158. The van der Waals surface area contributed by atoms with Crippen LogP contribution in [0.15, 0.2) is 11.1 Å². The number of carbonyl (C=O) groups excluding carboxylic acids is 1. The molecule has 2 N–H and O–H groups in total. The van der Waals surface area contributed by atoms with Crippen molar-refractivity contribution in [3.05, 3.63) is 11.1 Å². The molecule has 0 aliphatic heterocycles. The summed E-state index contributed by atoms with van der Waals surface area (Å²) >= 11 is 0. The van der Waals surface area contributed by atoms with Gasteiger partial charge in [0, 0.05) is 11.0 Å². The van der Waals surface area contributed by atoms with Crippen LogP contribution in [0.3, 0.4) is 0 Å². The molecule has 0 aromatic rings. The maximum Gasteiger partial charge on any atom is 0.190 e. The van der Waals surface area contributed by atoms with Gasteiger partial charge in [0.15, 0.2) is 5.78 Å². The van der Waals surface area contributed by atoms with Crippen LogP contribution in [0.5, 0.6) is 0 Å². The minimum atomic E-state index is -1.41. The molecule has 1 spiro atoms. The normalized spacial score (nSPS) is 44.4. The van der Waals surface area contributed by atoms with Gasteiger partial charge < -0.3 is 10.2 Å². The van der Waals surface area contributed by atoms with Gasteiger partial charge in [0.05, 0.1) is 5.60 Å². The van der Waals surface area contributed by atoms with Crippen molar-refractivity contribution in [2.24, 2.45) is 10.8 Å². The molecule has 0 radical (unpaired) electrons. The number of rotatable bonds is 0. The molecule has 0 bridgehead atoms. The molecule has 3 rings (SSSR count). The molecule has 18 heavy (non-hydrogen) atoms. The Hall–Kier alpha value is -0.670. The van der Waals surface area contributed by atoms with Gasteiger partial charge in [-0.05, 0) is 50.5 Å². The molecule has 1 fully saturated rings. The van der Waals surface area contributed by atoms with Crippen molar-refractivity contribution in [2.75, 3.05) is 0 Å². The fourth-order valence-electron chi connectivity index (χ4n) is 4.29. The molecular weight excluding hydrogens is 228 g/mol. The number of ketones is 1. The van der Waals surface area contributed by atoms with Crippen LogP contribution in [-0.4, -0.2) is 27.2 Å². The molecule has 3 heteroatoms. The maximum absolute atomic E-state index is 12.5. The summed E-state index contributed by atoms with van der Waals surface area (Å²) in [5.74, 6) is -0.146. The summed E-state index contributed by atoms with van der Waals surface area (Å²) in [7, 11) is 0. The average molecular weight is 250 g/mol. The van der Waals surface area contributed by atoms with E-state index in [1.54, 1.807) is 13.8 Å². The Kier molecular flexibility index (Phi) is 2.00. The van der Waals surface area contributed by atoms with Gasteiger partial charge in [-0.2, -0.15) is 0 Å². The maximum atomic E-state index is 12.5. The molecule has 3 aliphatic rings. The lowest BCUT2D eigenvalue weighted by Gasteiger charge is -2.47. The molecule has 3 aliphatic carbocycles. The minimum absolute atomic E-state index is 0.0147. The zero-order chi connectivity index (χ0) is 13.6. The zero-order valence-electron chi connectivity index (χ0n) is 11.6. The van der Waals surface area contributed by atoms with Gasteiger partial charge in [0.1, 0.15) is 5.60 Å². The van der Waals surface area contributed by atoms with E-state index in [0.29, 0.717) is 12.0 Å². The van der Waals surface area contributed by atoms with Crippen molar-refractivity contribution in [2.45, 2.75) is 64.6 Å².